The third kappa shape index (κ3) is 8.45. The van der Waals surface area contributed by atoms with Crippen molar-refractivity contribution in [2.45, 2.75) is 39.5 Å². The SMILES string of the molecule is CCNC(=NCc1cccc(OC)c1OC)NCC(O)c1cccc(OC(C)C)c1.I. The van der Waals surface area contributed by atoms with Crippen molar-refractivity contribution in [1.29, 1.82) is 0 Å². The molecule has 0 bridgehead atoms. The van der Waals surface area contributed by atoms with Crippen LogP contribution in [0.1, 0.15) is 38.0 Å². The van der Waals surface area contributed by atoms with Gasteiger partial charge in [0.05, 0.1) is 33.0 Å². The van der Waals surface area contributed by atoms with E-state index >= 15 is 0 Å². The Hall–Kier alpha value is -2.20. The number of benzene rings is 2. The Morgan fingerprint density at radius 3 is 2.45 bits per heavy atom. The maximum absolute atomic E-state index is 10.6. The number of guanidine groups is 1. The van der Waals surface area contributed by atoms with E-state index in [4.69, 9.17) is 14.2 Å². The molecule has 2 rings (SSSR count). The van der Waals surface area contributed by atoms with E-state index in [9.17, 15) is 5.11 Å². The zero-order valence-electron chi connectivity index (χ0n) is 18.8. The first kappa shape index (κ1) is 26.8. The van der Waals surface area contributed by atoms with Crippen LogP contribution >= 0.6 is 24.0 Å². The van der Waals surface area contributed by atoms with Gasteiger partial charge >= 0.3 is 0 Å². The first-order valence-electron chi connectivity index (χ1n) is 10.1. The number of rotatable bonds is 10. The molecule has 0 saturated heterocycles. The fourth-order valence-corrected chi connectivity index (χ4v) is 2.96. The van der Waals surface area contributed by atoms with Crippen LogP contribution in [-0.4, -0.2) is 44.5 Å². The number of aliphatic hydroxyl groups excluding tert-OH is 1. The molecule has 0 aromatic heterocycles. The highest BCUT2D eigenvalue weighted by Gasteiger charge is 2.12. The first-order valence-corrected chi connectivity index (χ1v) is 10.1. The summed E-state index contributed by atoms with van der Waals surface area (Å²) in [6.45, 7) is 7.36. The van der Waals surface area contributed by atoms with Gasteiger partial charge in [-0.05, 0) is 44.5 Å². The number of aliphatic hydroxyl groups is 1. The third-order valence-corrected chi connectivity index (χ3v) is 4.31. The molecule has 3 N–H and O–H groups in total. The summed E-state index contributed by atoms with van der Waals surface area (Å²) in [7, 11) is 3.22. The van der Waals surface area contributed by atoms with Crippen LogP contribution in [0, 0.1) is 0 Å². The second kappa shape index (κ2) is 14.0. The standard InChI is InChI=1S/C23H33N3O4.HI/c1-6-24-23(25-14-18-10-8-12-21(28-4)22(18)29-5)26-15-20(27)17-9-7-11-19(13-17)30-16(2)3;/h7-13,16,20,27H,6,14-15H2,1-5H3,(H2,24,25,26);1H. The molecule has 0 saturated carbocycles. The molecule has 0 amide bonds. The summed E-state index contributed by atoms with van der Waals surface area (Å²) in [5.74, 6) is 2.69. The Balaban J connectivity index is 0.00000480. The van der Waals surface area contributed by atoms with E-state index in [0.717, 1.165) is 16.9 Å². The number of hydrogen-bond donors (Lipinski definition) is 3. The lowest BCUT2D eigenvalue weighted by Crippen LogP contribution is -2.39. The molecule has 0 aliphatic heterocycles. The third-order valence-electron chi connectivity index (χ3n) is 4.31. The van der Waals surface area contributed by atoms with Crippen molar-refractivity contribution in [3.63, 3.8) is 0 Å². The topological polar surface area (TPSA) is 84.3 Å². The molecule has 0 spiro atoms. The van der Waals surface area contributed by atoms with Crippen LogP contribution in [0.4, 0.5) is 0 Å². The van der Waals surface area contributed by atoms with Crippen LogP contribution in [0.5, 0.6) is 17.2 Å². The quantitative estimate of drug-likeness (QED) is 0.240. The van der Waals surface area contributed by atoms with Crippen LogP contribution in [0.15, 0.2) is 47.5 Å². The zero-order valence-corrected chi connectivity index (χ0v) is 21.2. The molecule has 2 aromatic rings. The smallest absolute Gasteiger partial charge is 0.191 e. The molecule has 2 aromatic carbocycles. The number of nitrogens with zero attached hydrogens (tertiary/aromatic N) is 1. The van der Waals surface area contributed by atoms with Crippen molar-refractivity contribution < 1.29 is 19.3 Å². The number of methoxy groups -OCH3 is 2. The second-order valence-electron chi connectivity index (χ2n) is 6.98. The summed E-state index contributed by atoms with van der Waals surface area (Å²) >= 11 is 0. The summed E-state index contributed by atoms with van der Waals surface area (Å²) in [5.41, 5.74) is 1.69. The molecule has 1 atom stereocenters. The largest absolute Gasteiger partial charge is 0.493 e. The summed E-state index contributed by atoms with van der Waals surface area (Å²) in [5, 5.41) is 17.0. The van der Waals surface area contributed by atoms with Crippen molar-refractivity contribution >= 4 is 29.9 Å². The van der Waals surface area contributed by atoms with E-state index in [2.05, 4.69) is 15.6 Å². The Morgan fingerprint density at radius 2 is 1.81 bits per heavy atom. The summed E-state index contributed by atoms with van der Waals surface area (Å²) < 4.78 is 16.5. The van der Waals surface area contributed by atoms with Crippen molar-refractivity contribution in [3.05, 3.63) is 53.6 Å². The molecule has 31 heavy (non-hydrogen) atoms. The minimum Gasteiger partial charge on any atom is -0.493 e. The minimum atomic E-state index is -0.698. The van der Waals surface area contributed by atoms with Gasteiger partial charge in [-0.3, -0.25) is 0 Å². The van der Waals surface area contributed by atoms with Gasteiger partial charge in [0.1, 0.15) is 5.75 Å². The molecular weight excluding hydrogens is 509 g/mol. The van der Waals surface area contributed by atoms with Gasteiger partial charge in [-0.1, -0.05) is 24.3 Å². The van der Waals surface area contributed by atoms with Gasteiger partial charge in [-0.2, -0.15) is 0 Å². The van der Waals surface area contributed by atoms with Crippen LogP contribution < -0.4 is 24.8 Å². The normalized spacial score (nSPS) is 12.0. The summed E-state index contributed by atoms with van der Waals surface area (Å²) in [6.07, 6.45) is -0.618. The molecule has 1 unspecified atom stereocenters. The minimum absolute atomic E-state index is 0. The lowest BCUT2D eigenvalue weighted by Gasteiger charge is -2.17. The number of ether oxygens (including phenoxy) is 3. The molecule has 0 aliphatic rings. The Labute approximate surface area is 202 Å². The fraction of sp³-hybridized carbons (Fsp3) is 0.435. The van der Waals surface area contributed by atoms with E-state index < -0.39 is 6.10 Å². The predicted molar refractivity (Wildman–Crippen MR) is 135 cm³/mol. The molecule has 0 aliphatic carbocycles. The predicted octanol–water partition coefficient (Wildman–Crippen LogP) is 3.90. The highest BCUT2D eigenvalue weighted by molar-refractivity contribution is 14.0. The Bertz CT molecular complexity index is 830. The van der Waals surface area contributed by atoms with E-state index in [1.54, 1.807) is 14.2 Å². The molecule has 7 nitrogen and oxygen atoms in total. The van der Waals surface area contributed by atoms with E-state index in [-0.39, 0.29) is 30.1 Å². The van der Waals surface area contributed by atoms with Crippen LogP contribution in [0.25, 0.3) is 0 Å². The number of hydrogen-bond acceptors (Lipinski definition) is 5. The summed E-state index contributed by atoms with van der Waals surface area (Å²) in [4.78, 5) is 4.61. The lowest BCUT2D eigenvalue weighted by molar-refractivity contribution is 0.179. The molecule has 172 valence electrons. The van der Waals surface area contributed by atoms with Crippen molar-refractivity contribution in [2.24, 2.45) is 4.99 Å². The van der Waals surface area contributed by atoms with Crippen molar-refractivity contribution in [2.75, 3.05) is 27.3 Å². The summed E-state index contributed by atoms with van der Waals surface area (Å²) in [6, 6.07) is 13.2. The fourth-order valence-electron chi connectivity index (χ4n) is 2.96. The molecule has 0 fully saturated rings. The van der Waals surface area contributed by atoms with Gasteiger partial charge in [-0.15, -0.1) is 24.0 Å². The van der Waals surface area contributed by atoms with Crippen LogP contribution in [0.3, 0.4) is 0 Å². The van der Waals surface area contributed by atoms with E-state index in [1.165, 1.54) is 0 Å². The highest BCUT2D eigenvalue weighted by Crippen LogP contribution is 2.31. The van der Waals surface area contributed by atoms with Gasteiger partial charge in [0.15, 0.2) is 17.5 Å². The monoisotopic (exact) mass is 543 g/mol. The lowest BCUT2D eigenvalue weighted by atomic mass is 10.1. The maximum Gasteiger partial charge on any atom is 0.191 e. The number of aliphatic imine (C=N–C) groups is 1. The Kier molecular flexibility index (Phi) is 12.1. The van der Waals surface area contributed by atoms with Gasteiger partial charge in [-0.25, -0.2) is 4.99 Å². The number of nitrogens with one attached hydrogen (secondary N) is 2. The number of para-hydroxylation sites is 1. The van der Waals surface area contributed by atoms with E-state index in [0.29, 0.717) is 37.1 Å². The number of halogens is 1. The average Bonchev–Trinajstić information content (AvgIpc) is 2.74. The van der Waals surface area contributed by atoms with E-state index in [1.807, 2.05) is 63.2 Å². The molecular formula is C23H34IN3O4. The van der Waals surface area contributed by atoms with Gasteiger partial charge in [0.2, 0.25) is 0 Å². The Morgan fingerprint density at radius 1 is 1.06 bits per heavy atom. The van der Waals surface area contributed by atoms with Gasteiger partial charge in [0, 0.05) is 18.7 Å². The molecule has 0 heterocycles. The maximum atomic E-state index is 10.6. The van der Waals surface area contributed by atoms with Gasteiger partial charge in [0.25, 0.3) is 0 Å². The highest BCUT2D eigenvalue weighted by atomic mass is 127. The van der Waals surface area contributed by atoms with Crippen LogP contribution in [-0.2, 0) is 6.54 Å². The average molecular weight is 543 g/mol. The van der Waals surface area contributed by atoms with Gasteiger partial charge < -0.3 is 30.0 Å². The van der Waals surface area contributed by atoms with Crippen LogP contribution in [0.2, 0.25) is 0 Å². The zero-order chi connectivity index (χ0) is 21.9. The van der Waals surface area contributed by atoms with Crippen molar-refractivity contribution in [1.82, 2.24) is 10.6 Å². The molecule has 8 heteroatoms. The van der Waals surface area contributed by atoms with Crippen molar-refractivity contribution in [3.8, 4) is 17.2 Å². The first-order chi connectivity index (χ1) is 14.5. The molecule has 0 radical (unpaired) electrons. The second-order valence-corrected chi connectivity index (χ2v) is 6.98.